The fourth-order valence-electron chi connectivity index (χ4n) is 3.39. The number of hydrogen-bond acceptors (Lipinski definition) is 3. The summed E-state index contributed by atoms with van der Waals surface area (Å²) in [4.78, 5) is 16.3. The van der Waals surface area contributed by atoms with Gasteiger partial charge in [0.25, 0.3) is 5.91 Å². The molecule has 1 amide bonds. The van der Waals surface area contributed by atoms with Crippen molar-refractivity contribution in [3.05, 3.63) is 51.2 Å². The van der Waals surface area contributed by atoms with Gasteiger partial charge in [0, 0.05) is 29.2 Å². The number of carbonyl (C=O) groups is 1. The van der Waals surface area contributed by atoms with Gasteiger partial charge in [0.15, 0.2) is 0 Å². The topological polar surface area (TPSA) is 32.3 Å². The Hall–Kier alpha value is -1.81. The second-order valence-electron chi connectivity index (χ2n) is 5.77. The van der Waals surface area contributed by atoms with Crippen LogP contribution in [-0.4, -0.2) is 23.9 Å². The predicted molar refractivity (Wildman–Crippen MR) is 86.1 cm³/mol. The third-order valence-corrected chi connectivity index (χ3v) is 5.60. The summed E-state index contributed by atoms with van der Waals surface area (Å²) >= 11 is 1.81. The van der Waals surface area contributed by atoms with Gasteiger partial charge in [0.1, 0.15) is 0 Å². The number of nitrogens with zero attached hydrogens (tertiary/aromatic N) is 1. The highest BCUT2D eigenvalue weighted by Crippen LogP contribution is 2.34. The molecule has 0 bridgehead atoms. The third-order valence-electron chi connectivity index (χ3n) is 4.60. The maximum Gasteiger partial charge on any atom is 0.254 e. The van der Waals surface area contributed by atoms with Crippen molar-refractivity contribution < 1.29 is 4.79 Å². The fourth-order valence-corrected chi connectivity index (χ4v) is 4.35. The largest absolute Gasteiger partial charge is 0.384 e. The number of amides is 1. The molecule has 0 saturated carbocycles. The van der Waals surface area contributed by atoms with E-state index in [0.29, 0.717) is 0 Å². The fraction of sp³-hybridized carbons (Fsp3) is 0.353. The number of benzene rings is 1. The minimum absolute atomic E-state index is 0.161. The molecule has 1 aromatic carbocycles. The Morgan fingerprint density at radius 1 is 1.33 bits per heavy atom. The summed E-state index contributed by atoms with van der Waals surface area (Å²) in [6.07, 6.45) is 2.00. The second kappa shape index (κ2) is 4.88. The van der Waals surface area contributed by atoms with Crippen molar-refractivity contribution in [2.45, 2.75) is 25.8 Å². The van der Waals surface area contributed by atoms with Crippen molar-refractivity contribution in [2.75, 3.05) is 18.4 Å². The summed E-state index contributed by atoms with van der Waals surface area (Å²) in [6, 6.07) is 8.40. The highest BCUT2D eigenvalue weighted by Gasteiger charge is 2.29. The van der Waals surface area contributed by atoms with Crippen LogP contribution in [0, 0.1) is 0 Å². The van der Waals surface area contributed by atoms with Crippen molar-refractivity contribution in [2.24, 2.45) is 0 Å². The van der Waals surface area contributed by atoms with Crippen LogP contribution in [0.2, 0.25) is 0 Å². The Bertz CT molecular complexity index is 707. The number of hydrogen-bond donors (Lipinski definition) is 1. The van der Waals surface area contributed by atoms with Gasteiger partial charge in [-0.05, 0) is 60.5 Å². The zero-order chi connectivity index (χ0) is 14.4. The Morgan fingerprint density at radius 2 is 2.24 bits per heavy atom. The molecule has 2 aliphatic heterocycles. The van der Waals surface area contributed by atoms with Crippen LogP contribution in [0.3, 0.4) is 0 Å². The van der Waals surface area contributed by atoms with E-state index in [1.54, 1.807) is 0 Å². The van der Waals surface area contributed by atoms with Crippen molar-refractivity contribution >= 4 is 22.9 Å². The van der Waals surface area contributed by atoms with Crippen LogP contribution in [0.4, 0.5) is 5.69 Å². The first kappa shape index (κ1) is 12.9. The molecule has 3 heterocycles. The smallest absolute Gasteiger partial charge is 0.254 e. The van der Waals surface area contributed by atoms with Gasteiger partial charge < -0.3 is 10.2 Å². The zero-order valence-corrected chi connectivity index (χ0v) is 12.9. The summed E-state index contributed by atoms with van der Waals surface area (Å²) < 4.78 is 0. The molecule has 2 aliphatic rings. The van der Waals surface area contributed by atoms with Crippen molar-refractivity contribution in [1.29, 1.82) is 0 Å². The van der Waals surface area contributed by atoms with E-state index in [1.165, 1.54) is 21.7 Å². The Labute approximate surface area is 128 Å². The monoisotopic (exact) mass is 298 g/mol. The van der Waals surface area contributed by atoms with Crippen LogP contribution in [-0.2, 0) is 12.8 Å². The van der Waals surface area contributed by atoms with Gasteiger partial charge >= 0.3 is 0 Å². The second-order valence-corrected chi connectivity index (χ2v) is 6.77. The molecule has 1 N–H and O–H groups in total. The molecule has 0 fully saturated rings. The Kier molecular flexibility index (Phi) is 3.00. The van der Waals surface area contributed by atoms with Gasteiger partial charge in [-0.15, -0.1) is 11.3 Å². The number of carbonyl (C=O) groups excluding carboxylic acids is 1. The van der Waals surface area contributed by atoms with E-state index in [4.69, 9.17) is 0 Å². The van der Waals surface area contributed by atoms with E-state index in [-0.39, 0.29) is 11.9 Å². The van der Waals surface area contributed by atoms with Crippen molar-refractivity contribution in [1.82, 2.24) is 4.90 Å². The molecule has 1 atom stereocenters. The van der Waals surface area contributed by atoms with E-state index in [2.05, 4.69) is 29.8 Å². The normalized spacial score (nSPS) is 19.9. The Morgan fingerprint density at radius 3 is 3.14 bits per heavy atom. The average molecular weight is 298 g/mol. The lowest BCUT2D eigenvalue weighted by molar-refractivity contribution is 0.0679. The molecule has 1 aromatic heterocycles. The number of thiophene rings is 1. The molecule has 2 aromatic rings. The van der Waals surface area contributed by atoms with Crippen LogP contribution in [0.15, 0.2) is 29.6 Å². The summed E-state index contributed by atoms with van der Waals surface area (Å²) in [6.45, 7) is 3.94. The summed E-state index contributed by atoms with van der Waals surface area (Å²) in [7, 11) is 0. The van der Waals surface area contributed by atoms with E-state index in [0.717, 1.165) is 31.5 Å². The predicted octanol–water partition coefficient (Wildman–Crippen LogP) is 3.48. The standard InChI is InChI=1S/C17H18N2OS/c1-11-14-6-9-21-16(14)5-8-19(11)17(20)13-2-3-15-12(10-13)4-7-18-15/h2-3,6,9-11,18H,4-5,7-8H2,1H3. The number of fused-ring (bicyclic) bond motifs is 2. The van der Waals surface area contributed by atoms with E-state index < -0.39 is 0 Å². The quantitative estimate of drug-likeness (QED) is 0.874. The van der Waals surface area contributed by atoms with E-state index in [1.807, 2.05) is 28.4 Å². The van der Waals surface area contributed by atoms with Crippen LogP contribution in [0.25, 0.3) is 0 Å². The van der Waals surface area contributed by atoms with Crippen LogP contribution in [0.1, 0.15) is 39.3 Å². The van der Waals surface area contributed by atoms with E-state index in [9.17, 15) is 4.79 Å². The molecule has 108 valence electrons. The minimum atomic E-state index is 0.161. The first-order chi connectivity index (χ1) is 10.2. The maximum absolute atomic E-state index is 12.9. The summed E-state index contributed by atoms with van der Waals surface area (Å²) in [5.74, 6) is 0.161. The molecular formula is C17H18N2OS. The molecule has 0 saturated heterocycles. The van der Waals surface area contributed by atoms with Crippen LogP contribution < -0.4 is 5.32 Å². The van der Waals surface area contributed by atoms with Gasteiger partial charge in [-0.1, -0.05) is 0 Å². The number of nitrogens with one attached hydrogen (secondary N) is 1. The summed E-state index contributed by atoms with van der Waals surface area (Å²) in [5, 5.41) is 5.48. The van der Waals surface area contributed by atoms with Crippen molar-refractivity contribution in [3.63, 3.8) is 0 Å². The number of rotatable bonds is 1. The summed E-state index contributed by atoms with van der Waals surface area (Å²) in [5.41, 5.74) is 4.59. The average Bonchev–Trinajstić information content (AvgIpc) is 3.15. The van der Waals surface area contributed by atoms with Crippen LogP contribution in [0.5, 0.6) is 0 Å². The minimum Gasteiger partial charge on any atom is -0.384 e. The van der Waals surface area contributed by atoms with Crippen LogP contribution >= 0.6 is 11.3 Å². The molecule has 21 heavy (non-hydrogen) atoms. The highest BCUT2D eigenvalue weighted by atomic mass is 32.1. The molecule has 0 aliphatic carbocycles. The molecule has 0 spiro atoms. The molecule has 1 unspecified atom stereocenters. The van der Waals surface area contributed by atoms with Gasteiger partial charge in [-0.3, -0.25) is 4.79 Å². The SMILES string of the molecule is CC1c2ccsc2CCN1C(=O)c1ccc2c(c1)CCN2. The van der Waals surface area contributed by atoms with Crippen molar-refractivity contribution in [3.8, 4) is 0 Å². The third kappa shape index (κ3) is 2.05. The maximum atomic E-state index is 12.9. The first-order valence-corrected chi connectivity index (χ1v) is 8.36. The van der Waals surface area contributed by atoms with Gasteiger partial charge in [-0.25, -0.2) is 0 Å². The van der Waals surface area contributed by atoms with Gasteiger partial charge in [0.05, 0.1) is 6.04 Å². The van der Waals surface area contributed by atoms with Gasteiger partial charge in [-0.2, -0.15) is 0 Å². The van der Waals surface area contributed by atoms with E-state index >= 15 is 0 Å². The molecule has 0 radical (unpaired) electrons. The molecule has 4 rings (SSSR count). The lowest BCUT2D eigenvalue weighted by atomic mass is 9.99. The molecular weight excluding hydrogens is 280 g/mol. The van der Waals surface area contributed by atoms with Gasteiger partial charge in [0.2, 0.25) is 0 Å². The highest BCUT2D eigenvalue weighted by molar-refractivity contribution is 7.10. The first-order valence-electron chi connectivity index (χ1n) is 7.48. The lowest BCUT2D eigenvalue weighted by Gasteiger charge is -2.33. The molecule has 4 heteroatoms. The number of anilines is 1. The molecule has 3 nitrogen and oxygen atoms in total. The lowest BCUT2D eigenvalue weighted by Crippen LogP contribution is -2.38. The zero-order valence-electron chi connectivity index (χ0n) is 12.1. The Balaban J connectivity index is 1.63.